The zero-order chi connectivity index (χ0) is 39.9. The van der Waals surface area contributed by atoms with Crippen molar-refractivity contribution < 1.29 is 43.7 Å². The fourth-order valence-electron chi connectivity index (χ4n) is 9.10. The molecule has 0 radical (unpaired) electrons. The molecule has 4 amide bonds. The van der Waals surface area contributed by atoms with E-state index in [9.17, 15) is 24.3 Å². The number of nitrogens with zero attached hydrogens (tertiary/aromatic N) is 2. The molecule has 3 aromatic carbocycles. The Bertz CT molecular complexity index is 2150. The number of phenolic OH excluding ortho intramolecular Hbond substituents is 1. The van der Waals surface area contributed by atoms with Gasteiger partial charge in [-0.15, -0.1) is 0 Å². The van der Waals surface area contributed by atoms with Gasteiger partial charge in [-0.3, -0.25) is 34.3 Å². The van der Waals surface area contributed by atoms with Gasteiger partial charge in [0.15, 0.2) is 11.5 Å². The van der Waals surface area contributed by atoms with Crippen molar-refractivity contribution in [1.29, 1.82) is 0 Å². The average molecular weight is 803 g/mol. The Balaban J connectivity index is 1.35. The molecule has 7 rings (SSSR count). The van der Waals surface area contributed by atoms with Crippen LogP contribution in [0.25, 0.3) is 6.08 Å². The average Bonchev–Trinajstić information content (AvgIpc) is 3.55. The van der Waals surface area contributed by atoms with Crippen molar-refractivity contribution in [3.05, 3.63) is 99.6 Å². The first kappa shape index (κ1) is 38.9. The van der Waals surface area contributed by atoms with Crippen LogP contribution >= 0.6 is 23.2 Å². The van der Waals surface area contributed by atoms with Crippen LogP contribution < -0.4 is 14.9 Å². The minimum atomic E-state index is -1.52. The van der Waals surface area contributed by atoms with Gasteiger partial charge in [-0.25, -0.2) is 0 Å². The number of unbranched alkanes of at least 4 members (excludes halogenated alkanes) is 2. The zero-order valence-corrected chi connectivity index (χ0v) is 32.3. The fraction of sp³-hybridized carbons (Fsp3) is 0.357. The van der Waals surface area contributed by atoms with Crippen LogP contribution in [0.3, 0.4) is 0 Å². The summed E-state index contributed by atoms with van der Waals surface area (Å²) >= 11 is 12.7. The summed E-state index contributed by atoms with van der Waals surface area (Å²) in [6, 6.07) is 16.6. The number of aliphatic carboxylic acids is 1. The number of amides is 4. The third-order valence-corrected chi connectivity index (χ3v) is 12.2. The molecule has 0 bridgehead atoms. The normalized spacial score (nSPS) is 25.6. The number of halogens is 2. The van der Waals surface area contributed by atoms with Crippen LogP contribution in [0.5, 0.6) is 17.2 Å². The predicted octanol–water partition coefficient (Wildman–Crippen LogP) is 6.89. The quantitative estimate of drug-likeness (QED) is 0.0943. The Hall–Kier alpha value is -5.33. The van der Waals surface area contributed by atoms with E-state index in [0.717, 1.165) is 10.6 Å². The summed E-state index contributed by atoms with van der Waals surface area (Å²) < 4.78 is 10.8. The van der Waals surface area contributed by atoms with Crippen LogP contribution in [-0.2, 0) is 29.4 Å². The number of imide groups is 2. The maximum Gasteiger partial charge on any atom is 0.303 e. The minimum Gasteiger partial charge on any atom is -0.504 e. The molecule has 12 nitrogen and oxygen atoms in total. The second kappa shape index (κ2) is 15.7. The largest absolute Gasteiger partial charge is 0.504 e. The molecule has 3 N–H and O–H groups in total. The lowest BCUT2D eigenvalue weighted by Crippen LogP contribution is -2.54. The van der Waals surface area contributed by atoms with Gasteiger partial charge in [0.25, 0.3) is 11.8 Å². The number of hydrogen-bond donors (Lipinski definition) is 3. The van der Waals surface area contributed by atoms with Gasteiger partial charge in [0, 0.05) is 23.9 Å². The summed E-state index contributed by atoms with van der Waals surface area (Å²) in [5, 5.41) is 20.9. The molecule has 0 aromatic heterocycles. The Morgan fingerprint density at radius 3 is 2.39 bits per heavy atom. The second-order valence-electron chi connectivity index (χ2n) is 14.6. The zero-order valence-electron chi connectivity index (χ0n) is 30.7. The summed E-state index contributed by atoms with van der Waals surface area (Å²) in [7, 11) is 2.98. The van der Waals surface area contributed by atoms with Gasteiger partial charge in [0.05, 0.1) is 48.1 Å². The molecule has 3 fully saturated rings. The SMILES string of the molecule is COc1ccc(C23C(=O)N(Nc4ccc(Cl)cc4Cl)C(=O)C2CC2C(=CCC4C(=O)N(CCCCCC(=O)O)C(=O)C42)C3C=Cc2ccc(O)c(OC)c2)cc1. The monoisotopic (exact) mass is 801 g/mol. The van der Waals surface area contributed by atoms with E-state index >= 15 is 4.79 Å². The number of phenols is 1. The lowest BCUT2D eigenvalue weighted by atomic mass is 9.50. The van der Waals surface area contributed by atoms with E-state index in [1.165, 1.54) is 31.3 Å². The maximum atomic E-state index is 15.3. The molecule has 0 spiro atoms. The summed E-state index contributed by atoms with van der Waals surface area (Å²) in [6.07, 6.45) is 7.47. The minimum absolute atomic E-state index is 0.00844. The van der Waals surface area contributed by atoms with Gasteiger partial charge >= 0.3 is 5.97 Å². The fourth-order valence-corrected chi connectivity index (χ4v) is 9.55. The summed E-state index contributed by atoms with van der Waals surface area (Å²) in [5.41, 5.74) is 3.74. The maximum absolute atomic E-state index is 15.3. The number of carboxylic acid groups (broad SMARTS) is 1. The molecule has 14 heteroatoms. The third-order valence-electron chi connectivity index (χ3n) is 11.7. The molecule has 56 heavy (non-hydrogen) atoms. The van der Waals surface area contributed by atoms with Crippen LogP contribution in [0.2, 0.25) is 10.0 Å². The van der Waals surface area contributed by atoms with Gasteiger partial charge < -0.3 is 19.7 Å². The van der Waals surface area contributed by atoms with E-state index in [2.05, 4.69) is 5.43 Å². The highest BCUT2D eigenvalue weighted by Gasteiger charge is 2.69. The molecule has 1 saturated carbocycles. The highest BCUT2D eigenvalue weighted by molar-refractivity contribution is 6.36. The molecule has 3 aromatic rings. The number of ether oxygens (including phenoxy) is 2. The van der Waals surface area contributed by atoms with Crippen molar-refractivity contribution in [2.45, 2.75) is 43.9 Å². The molecular formula is C42H41Cl2N3O9. The first-order valence-electron chi connectivity index (χ1n) is 18.5. The molecule has 6 atom stereocenters. The lowest BCUT2D eigenvalue weighted by molar-refractivity contribution is -0.141. The molecule has 292 valence electrons. The first-order chi connectivity index (χ1) is 26.9. The number of anilines is 1. The van der Waals surface area contributed by atoms with Crippen molar-refractivity contribution in [2.75, 3.05) is 26.2 Å². The van der Waals surface area contributed by atoms with Crippen LogP contribution in [0.1, 0.15) is 49.7 Å². The smallest absolute Gasteiger partial charge is 0.303 e. The Labute approximate surface area is 333 Å². The predicted molar refractivity (Wildman–Crippen MR) is 208 cm³/mol. The summed E-state index contributed by atoms with van der Waals surface area (Å²) in [6.45, 7) is 0.175. The van der Waals surface area contributed by atoms with E-state index in [4.69, 9.17) is 37.8 Å². The topological polar surface area (TPSA) is 163 Å². The number of hydrazine groups is 1. The number of benzene rings is 3. The van der Waals surface area contributed by atoms with Crippen molar-refractivity contribution in [2.24, 2.45) is 29.6 Å². The number of carbonyl (C=O) groups excluding carboxylic acids is 4. The standard InChI is InChI=1S/C42H41Cl2N3O9/c1-55-26-12-9-24(10-13-26)42-30(16-7-23-8-18-34(48)35(20-23)56-2)27-14-15-28-37(40(53)46(38(28)51)19-5-3-4-6-36(49)50)29(27)22-31(42)39(52)47(41(42)54)45-33-17-11-25(43)21-32(33)44/h7-14,16-18,20-21,28-31,37,45,48H,3-6,15,19,22H2,1-2H3,(H,49,50). The number of methoxy groups -OCH3 is 2. The number of rotatable bonds is 13. The van der Waals surface area contributed by atoms with E-state index in [1.54, 1.807) is 54.6 Å². The van der Waals surface area contributed by atoms with Crippen LogP contribution in [0.15, 0.2) is 78.4 Å². The highest BCUT2D eigenvalue weighted by Crippen LogP contribution is 2.61. The molecule has 6 unspecified atom stereocenters. The van der Waals surface area contributed by atoms with Crippen LogP contribution in [0.4, 0.5) is 5.69 Å². The highest BCUT2D eigenvalue weighted by atomic mass is 35.5. The van der Waals surface area contributed by atoms with Crippen molar-refractivity contribution >= 4 is 64.6 Å². The number of aromatic hydroxyl groups is 1. The van der Waals surface area contributed by atoms with E-state index < -0.39 is 52.8 Å². The molecule has 2 aliphatic heterocycles. The van der Waals surface area contributed by atoms with Gasteiger partial charge in [-0.1, -0.05) is 71.6 Å². The number of fused-ring (bicyclic) bond motifs is 4. The molecule has 2 aliphatic carbocycles. The summed E-state index contributed by atoms with van der Waals surface area (Å²) in [5.74, 6) is -5.51. The van der Waals surface area contributed by atoms with Crippen molar-refractivity contribution in [3.63, 3.8) is 0 Å². The second-order valence-corrected chi connectivity index (χ2v) is 15.4. The number of carbonyl (C=O) groups is 5. The van der Waals surface area contributed by atoms with Gasteiger partial charge in [-0.05, 0) is 85.2 Å². The Morgan fingerprint density at radius 1 is 0.929 bits per heavy atom. The van der Waals surface area contributed by atoms with Crippen molar-refractivity contribution in [3.8, 4) is 17.2 Å². The third kappa shape index (κ3) is 6.68. The number of nitrogens with one attached hydrogen (secondary N) is 1. The number of hydrogen-bond acceptors (Lipinski definition) is 9. The van der Waals surface area contributed by atoms with Crippen LogP contribution in [-0.4, -0.2) is 70.5 Å². The van der Waals surface area contributed by atoms with E-state index in [-0.39, 0.29) is 59.8 Å². The molecular weight excluding hydrogens is 761 g/mol. The van der Waals surface area contributed by atoms with E-state index in [0.29, 0.717) is 41.2 Å². The molecule has 2 saturated heterocycles. The number of likely N-dealkylation sites (tertiary alicyclic amines) is 1. The van der Waals surface area contributed by atoms with Gasteiger partial charge in [-0.2, -0.15) is 5.01 Å². The lowest BCUT2D eigenvalue weighted by Gasteiger charge is -2.49. The molecule has 2 heterocycles. The van der Waals surface area contributed by atoms with Gasteiger partial charge in [0.2, 0.25) is 11.8 Å². The van der Waals surface area contributed by atoms with Crippen LogP contribution in [0, 0.1) is 29.6 Å². The summed E-state index contributed by atoms with van der Waals surface area (Å²) in [4.78, 5) is 70.6. The Kier molecular flexibility index (Phi) is 10.9. The number of allylic oxidation sites excluding steroid dienone is 3. The Morgan fingerprint density at radius 2 is 1.70 bits per heavy atom. The van der Waals surface area contributed by atoms with Crippen molar-refractivity contribution in [1.82, 2.24) is 9.91 Å². The first-order valence-corrected chi connectivity index (χ1v) is 19.2. The molecule has 4 aliphatic rings. The van der Waals surface area contributed by atoms with E-state index in [1.807, 2.05) is 12.2 Å². The van der Waals surface area contributed by atoms with Gasteiger partial charge in [0.1, 0.15) is 5.75 Å². The number of carboxylic acids is 1.